The van der Waals surface area contributed by atoms with Gasteiger partial charge in [0.1, 0.15) is 0 Å². The number of hydrogen-bond donors (Lipinski definition) is 1. The van der Waals surface area contributed by atoms with Crippen LogP contribution in [0.1, 0.15) is 53.5 Å². The van der Waals surface area contributed by atoms with Crippen molar-refractivity contribution in [3.8, 4) is 0 Å². The second-order valence-corrected chi connectivity index (χ2v) is 8.47. The fourth-order valence-corrected chi connectivity index (χ4v) is 3.97. The number of aromatic nitrogens is 2. The summed E-state index contributed by atoms with van der Waals surface area (Å²) in [6.45, 7) is 9.72. The molecule has 7 nitrogen and oxygen atoms in total. The highest BCUT2D eigenvalue weighted by Crippen LogP contribution is 2.25. The Hall–Kier alpha value is -2.77. The molecule has 1 aromatic carbocycles. The average Bonchev–Trinajstić information content (AvgIpc) is 3.00. The first-order valence-electron chi connectivity index (χ1n) is 10.9. The lowest BCUT2D eigenvalue weighted by Crippen LogP contribution is -2.40. The average molecular weight is 423 g/mol. The number of nitrogens with one attached hydrogen (secondary N) is 1. The predicted molar refractivity (Wildman–Crippen MR) is 119 cm³/mol. The minimum absolute atomic E-state index is 0.0550. The standard InChI is InChI=1S/C24H30N4O3/c1-16(2)21-12-20(22-17(3)27-31-24(22)26-21)23(29)25-13-19-15-28(10-7-11-30-19)14-18-8-5-4-6-9-18/h4-6,8-9,12,16,19H,7,10-11,13-15H2,1-3H3,(H,25,29)/t19-/m1/s1. The van der Waals surface area contributed by atoms with Crippen molar-refractivity contribution in [3.63, 3.8) is 0 Å². The molecule has 7 heteroatoms. The molecule has 1 aliphatic rings. The van der Waals surface area contributed by atoms with Crippen LogP contribution in [-0.2, 0) is 11.3 Å². The van der Waals surface area contributed by atoms with Crippen LogP contribution in [0.3, 0.4) is 0 Å². The van der Waals surface area contributed by atoms with Gasteiger partial charge in [0.2, 0.25) is 0 Å². The van der Waals surface area contributed by atoms with Gasteiger partial charge in [-0.3, -0.25) is 9.69 Å². The van der Waals surface area contributed by atoms with Crippen LogP contribution in [0, 0.1) is 6.92 Å². The molecule has 1 atom stereocenters. The molecule has 1 saturated heterocycles. The van der Waals surface area contributed by atoms with E-state index in [0.29, 0.717) is 35.5 Å². The van der Waals surface area contributed by atoms with Crippen LogP contribution >= 0.6 is 0 Å². The molecule has 0 spiro atoms. The maximum absolute atomic E-state index is 13.1. The first-order chi connectivity index (χ1) is 15.0. The summed E-state index contributed by atoms with van der Waals surface area (Å²) in [6.07, 6.45) is 0.931. The van der Waals surface area contributed by atoms with Crippen LogP contribution in [0.15, 0.2) is 40.9 Å². The molecule has 2 aromatic heterocycles. The Morgan fingerprint density at radius 1 is 1.29 bits per heavy atom. The molecule has 0 bridgehead atoms. The van der Waals surface area contributed by atoms with Gasteiger partial charge in [-0.1, -0.05) is 49.3 Å². The largest absolute Gasteiger partial charge is 0.375 e. The molecule has 31 heavy (non-hydrogen) atoms. The SMILES string of the molecule is Cc1noc2nc(C(C)C)cc(C(=O)NC[C@@H]3CN(Cc4ccccc4)CCCO3)c12. The maximum Gasteiger partial charge on any atom is 0.259 e. The third-order valence-corrected chi connectivity index (χ3v) is 5.65. The van der Waals surface area contributed by atoms with Gasteiger partial charge in [0.15, 0.2) is 0 Å². The van der Waals surface area contributed by atoms with E-state index in [1.807, 2.05) is 32.9 Å². The number of hydrogen-bond acceptors (Lipinski definition) is 6. The van der Waals surface area contributed by atoms with E-state index in [1.54, 1.807) is 0 Å². The first kappa shape index (κ1) is 21.5. The molecule has 3 heterocycles. The molecule has 1 fully saturated rings. The van der Waals surface area contributed by atoms with E-state index >= 15 is 0 Å². The number of rotatable bonds is 6. The summed E-state index contributed by atoms with van der Waals surface area (Å²) >= 11 is 0. The summed E-state index contributed by atoms with van der Waals surface area (Å²) in [6, 6.07) is 12.3. The van der Waals surface area contributed by atoms with E-state index in [9.17, 15) is 4.79 Å². The van der Waals surface area contributed by atoms with Crippen LogP contribution in [0.5, 0.6) is 0 Å². The topological polar surface area (TPSA) is 80.5 Å². The van der Waals surface area contributed by atoms with Gasteiger partial charge in [0.05, 0.1) is 22.7 Å². The van der Waals surface area contributed by atoms with Gasteiger partial charge < -0.3 is 14.6 Å². The summed E-state index contributed by atoms with van der Waals surface area (Å²) in [4.78, 5) is 20.0. The number of ether oxygens (including phenoxy) is 1. The van der Waals surface area contributed by atoms with Crippen LogP contribution in [0.4, 0.5) is 0 Å². The predicted octanol–water partition coefficient (Wildman–Crippen LogP) is 3.68. The van der Waals surface area contributed by atoms with Crippen LogP contribution in [0.2, 0.25) is 0 Å². The number of fused-ring (bicyclic) bond motifs is 1. The normalized spacial score (nSPS) is 17.7. The van der Waals surface area contributed by atoms with E-state index in [2.05, 4.69) is 44.6 Å². The van der Waals surface area contributed by atoms with E-state index in [0.717, 1.165) is 31.7 Å². The van der Waals surface area contributed by atoms with Crippen molar-refractivity contribution in [2.75, 3.05) is 26.2 Å². The lowest BCUT2D eigenvalue weighted by Gasteiger charge is -2.24. The molecule has 1 amide bonds. The number of carbonyl (C=O) groups is 1. The van der Waals surface area contributed by atoms with Gasteiger partial charge in [0.25, 0.3) is 11.6 Å². The van der Waals surface area contributed by atoms with Crippen LogP contribution < -0.4 is 5.32 Å². The molecule has 0 saturated carbocycles. The highest BCUT2D eigenvalue weighted by molar-refractivity contribution is 6.06. The minimum Gasteiger partial charge on any atom is -0.375 e. The molecule has 0 unspecified atom stereocenters. The Balaban J connectivity index is 1.45. The zero-order valence-corrected chi connectivity index (χ0v) is 18.4. The van der Waals surface area contributed by atoms with E-state index in [1.165, 1.54) is 5.56 Å². The number of pyridine rings is 1. The fraction of sp³-hybridized carbons (Fsp3) is 0.458. The third-order valence-electron chi connectivity index (χ3n) is 5.65. The van der Waals surface area contributed by atoms with E-state index in [4.69, 9.17) is 9.26 Å². The van der Waals surface area contributed by atoms with Gasteiger partial charge >= 0.3 is 0 Å². The highest BCUT2D eigenvalue weighted by Gasteiger charge is 2.23. The smallest absolute Gasteiger partial charge is 0.259 e. The lowest BCUT2D eigenvalue weighted by atomic mass is 10.0. The Bertz CT molecular complexity index is 1030. The second-order valence-electron chi connectivity index (χ2n) is 8.47. The number of benzene rings is 1. The molecule has 1 aliphatic heterocycles. The first-order valence-corrected chi connectivity index (χ1v) is 10.9. The molecule has 3 aromatic rings. The van der Waals surface area contributed by atoms with E-state index in [-0.39, 0.29) is 17.9 Å². The van der Waals surface area contributed by atoms with Gasteiger partial charge in [-0.2, -0.15) is 0 Å². The van der Waals surface area contributed by atoms with Gasteiger partial charge in [-0.05, 0) is 30.9 Å². The van der Waals surface area contributed by atoms with Crippen molar-refractivity contribution >= 4 is 17.0 Å². The number of amides is 1. The number of aryl methyl sites for hydroxylation is 1. The maximum atomic E-state index is 13.1. The summed E-state index contributed by atoms with van der Waals surface area (Å²) in [5, 5.41) is 7.75. The summed E-state index contributed by atoms with van der Waals surface area (Å²) in [7, 11) is 0. The number of nitrogens with zero attached hydrogens (tertiary/aromatic N) is 3. The van der Waals surface area contributed by atoms with Gasteiger partial charge in [-0.15, -0.1) is 0 Å². The molecule has 0 aliphatic carbocycles. The quantitative estimate of drug-likeness (QED) is 0.653. The molecular formula is C24H30N4O3. The Morgan fingerprint density at radius 2 is 2.10 bits per heavy atom. The lowest BCUT2D eigenvalue weighted by molar-refractivity contribution is 0.0511. The van der Waals surface area contributed by atoms with Crippen LogP contribution in [0.25, 0.3) is 11.1 Å². The molecule has 164 valence electrons. The second kappa shape index (κ2) is 9.58. The summed E-state index contributed by atoms with van der Waals surface area (Å²) in [5.74, 6) is 0.0288. The Labute approximate surface area is 182 Å². The molecule has 1 N–H and O–H groups in total. The number of carbonyl (C=O) groups excluding carboxylic acids is 1. The van der Waals surface area contributed by atoms with Crippen molar-refractivity contribution < 1.29 is 14.1 Å². The minimum atomic E-state index is -0.150. The van der Waals surface area contributed by atoms with Gasteiger partial charge in [-0.25, -0.2) is 4.98 Å². The molecule has 4 rings (SSSR count). The van der Waals surface area contributed by atoms with E-state index < -0.39 is 0 Å². The highest BCUT2D eigenvalue weighted by atomic mass is 16.5. The molecule has 0 radical (unpaired) electrons. The summed E-state index contributed by atoms with van der Waals surface area (Å²) < 4.78 is 11.4. The Morgan fingerprint density at radius 3 is 2.87 bits per heavy atom. The Kier molecular flexibility index (Phi) is 6.63. The van der Waals surface area contributed by atoms with Gasteiger partial charge in [0, 0.05) is 38.5 Å². The van der Waals surface area contributed by atoms with Crippen molar-refractivity contribution in [2.45, 2.75) is 45.8 Å². The van der Waals surface area contributed by atoms with Crippen molar-refractivity contribution in [2.24, 2.45) is 0 Å². The zero-order chi connectivity index (χ0) is 21.8. The van der Waals surface area contributed by atoms with Crippen molar-refractivity contribution in [1.82, 2.24) is 20.4 Å². The van der Waals surface area contributed by atoms with Crippen molar-refractivity contribution in [1.29, 1.82) is 0 Å². The van der Waals surface area contributed by atoms with Crippen molar-refractivity contribution in [3.05, 3.63) is 58.9 Å². The zero-order valence-electron chi connectivity index (χ0n) is 18.4. The summed E-state index contributed by atoms with van der Waals surface area (Å²) in [5.41, 5.74) is 3.74. The monoisotopic (exact) mass is 422 g/mol. The fourth-order valence-electron chi connectivity index (χ4n) is 3.97. The van der Waals surface area contributed by atoms with Crippen LogP contribution in [-0.4, -0.2) is 53.3 Å². The molecular weight excluding hydrogens is 392 g/mol. The third kappa shape index (κ3) is 5.11.